The molecule has 9 heteroatoms. The lowest BCUT2D eigenvalue weighted by Crippen LogP contribution is -2.57. The molecule has 3 aliphatic heterocycles. The number of rotatable bonds is 11. The van der Waals surface area contributed by atoms with Crippen molar-refractivity contribution < 1.29 is 23.9 Å². The number of ether oxygens (including phenoxy) is 2. The van der Waals surface area contributed by atoms with E-state index in [1.807, 2.05) is 30.4 Å². The van der Waals surface area contributed by atoms with Crippen molar-refractivity contribution in [3.05, 3.63) is 72.3 Å². The van der Waals surface area contributed by atoms with Gasteiger partial charge in [0.2, 0.25) is 17.7 Å². The Labute approximate surface area is 260 Å². The predicted octanol–water partition coefficient (Wildman–Crippen LogP) is 4.00. The van der Waals surface area contributed by atoms with Gasteiger partial charge in [-0.3, -0.25) is 14.4 Å². The van der Waals surface area contributed by atoms with Gasteiger partial charge in [-0.25, -0.2) is 0 Å². The number of anilines is 1. The molecule has 1 spiro atoms. The zero-order chi connectivity index (χ0) is 30.8. The minimum Gasteiger partial charge on any atom is -0.497 e. The van der Waals surface area contributed by atoms with E-state index in [0.717, 1.165) is 32.4 Å². The molecule has 3 heterocycles. The molecule has 7 atom stereocenters. The van der Waals surface area contributed by atoms with E-state index in [9.17, 15) is 14.4 Å². The maximum atomic E-state index is 14.3. The molecule has 0 radical (unpaired) electrons. The Hall–Kier alpha value is -3.69. The van der Waals surface area contributed by atoms with Crippen molar-refractivity contribution in [2.24, 2.45) is 17.8 Å². The van der Waals surface area contributed by atoms with Crippen LogP contribution in [0.4, 0.5) is 5.69 Å². The lowest BCUT2D eigenvalue weighted by Gasteiger charge is -2.36. The molecule has 6 rings (SSSR count). The molecule has 0 aromatic heterocycles. The van der Waals surface area contributed by atoms with Crippen molar-refractivity contribution in [2.75, 3.05) is 32.6 Å². The number of amides is 3. The van der Waals surface area contributed by atoms with E-state index < -0.39 is 29.6 Å². The van der Waals surface area contributed by atoms with Crippen molar-refractivity contribution in [2.45, 2.75) is 69.4 Å². The average molecular weight is 601 g/mol. The van der Waals surface area contributed by atoms with E-state index in [1.54, 1.807) is 36.3 Å². The highest BCUT2D eigenvalue weighted by atomic mass is 16.5. The van der Waals surface area contributed by atoms with E-state index in [0.29, 0.717) is 30.3 Å². The minimum absolute atomic E-state index is 0.0652. The summed E-state index contributed by atoms with van der Waals surface area (Å²) in [4.78, 5) is 46.2. The number of carbonyl (C=O) groups is 3. The fourth-order valence-corrected chi connectivity index (χ4v) is 7.71. The van der Waals surface area contributed by atoms with Gasteiger partial charge in [0, 0.05) is 30.9 Å². The molecule has 44 heavy (non-hydrogen) atoms. The molecule has 3 fully saturated rings. The van der Waals surface area contributed by atoms with Gasteiger partial charge in [-0.05, 0) is 56.5 Å². The fourth-order valence-electron chi connectivity index (χ4n) is 7.71. The van der Waals surface area contributed by atoms with E-state index in [2.05, 4.69) is 41.6 Å². The average Bonchev–Trinajstić information content (AvgIpc) is 3.66. The van der Waals surface area contributed by atoms with Crippen molar-refractivity contribution in [3.8, 4) is 5.75 Å². The highest BCUT2D eigenvalue weighted by Crippen LogP contribution is 2.55. The van der Waals surface area contributed by atoms with Gasteiger partial charge in [0.15, 0.2) is 0 Å². The highest BCUT2D eigenvalue weighted by molar-refractivity contribution is 6.02. The Morgan fingerprint density at radius 3 is 2.66 bits per heavy atom. The topological polar surface area (TPSA) is 100 Å². The molecule has 2 N–H and O–H groups in total. The second-order valence-electron chi connectivity index (χ2n) is 12.9. The van der Waals surface area contributed by atoms with Gasteiger partial charge in [0.1, 0.15) is 17.4 Å². The number of fused-ring (bicyclic) bond motifs is 1. The third kappa shape index (κ3) is 5.75. The fraction of sp³-hybridized carbons (Fsp3) is 0.514. The van der Waals surface area contributed by atoms with Crippen LogP contribution in [0.1, 0.15) is 44.6 Å². The number of hydrogen-bond donors (Lipinski definition) is 2. The summed E-state index contributed by atoms with van der Waals surface area (Å²) in [6, 6.07) is 16.6. The van der Waals surface area contributed by atoms with Crippen LogP contribution in [0.25, 0.3) is 0 Å². The summed E-state index contributed by atoms with van der Waals surface area (Å²) >= 11 is 0. The maximum Gasteiger partial charge on any atom is 0.246 e. The smallest absolute Gasteiger partial charge is 0.246 e. The second-order valence-corrected chi connectivity index (χ2v) is 12.9. The number of hydrogen-bond acceptors (Lipinski definition) is 6. The van der Waals surface area contributed by atoms with Gasteiger partial charge >= 0.3 is 0 Å². The van der Waals surface area contributed by atoms with Crippen LogP contribution >= 0.6 is 0 Å². The third-order valence-corrected chi connectivity index (χ3v) is 9.94. The molecule has 2 bridgehead atoms. The lowest BCUT2D eigenvalue weighted by molar-refractivity contribution is -0.141. The Bertz CT molecular complexity index is 1400. The normalized spacial score (nSPS) is 30.5. The molecular weight excluding hydrogens is 556 g/mol. The molecule has 1 saturated carbocycles. The number of methoxy groups -OCH3 is 1. The number of benzene rings is 2. The Morgan fingerprint density at radius 1 is 1.09 bits per heavy atom. The molecule has 3 amide bonds. The summed E-state index contributed by atoms with van der Waals surface area (Å²) in [7, 11) is 3.64. The summed E-state index contributed by atoms with van der Waals surface area (Å²) in [6.07, 6.45) is 8.11. The molecule has 2 aromatic carbocycles. The van der Waals surface area contributed by atoms with Gasteiger partial charge < -0.3 is 29.9 Å². The molecule has 234 valence electrons. The summed E-state index contributed by atoms with van der Waals surface area (Å²) in [5.74, 6) is -1.19. The first-order chi connectivity index (χ1) is 21.3. The lowest BCUT2D eigenvalue weighted by atomic mass is 9.74. The van der Waals surface area contributed by atoms with Crippen molar-refractivity contribution in [1.82, 2.24) is 15.1 Å². The molecular formula is C35H44N4O5. The molecule has 2 aromatic rings. The van der Waals surface area contributed by atoms with Gasteiger partial charge in [-0.2, -0.15) is 0 Å². The van der Waals surface area contributed by atoms with Crippen LogP contribution in [0.3, 0.4) is 0 Å². The second kappa shape index (κ2) is 12.7. The van der Waals surface area contributed by atoms with Crippen LogP contribution in [0.15, 0.2) is 66.7 Å². The summed E-state index contributed by atoms with van der Waals surface area (Å²) in [5, 5.41) is 6.28. The third-order valence-electron chi connectivity index (χ3n) is 9.94. The van der Waals surface area contributed by atoms with Gasteiger partial charge in [0.05, 0.1) is 25.0 Å². The SMILES string of the molecule is COc1cccc(NC(=O)[C@H]2[C@H]3C=C[C@@]4(O3)[C@H]2C(=O)N(CCCN(C)Cc2ccccc2)[C@@H]4C(=O)N[C@@H]2CCCC[C@H]2C)c1. The predicted molar refractivity (Wildman–Crippen MR) is 168 cm³/mol. The van der Waals surface area contributed by atoms with Crippen LogP contribution < -0.4 is 15.4 Å². The largest absolute Gasteiger partial charge is 0.497 e. The first-order valence-corrected chi connectivity index (χ1v) is 16.0. The van der Waals surface area contributed by atoms with Crippen molar-refractivity contribution >= 4 is 23.4 Å². The summed E-state index contributed by atoms with van der Waals surface area (Å²) in [6.45, 7) is 4.14. The number of nitrogens with one attached hydrogen (secondary N) is 2. The summed E-state index contributed by atoms with van der Waals surface area (Å²) < 4.78 is 11.8. The highest BCUT2D eigenvalue weighted by Gasteiger charge is 2.72. The molecule has 1 aliphatic carbocycles. The molecule has 9 nitrogen and oxygen atoms in total. The molecule has 0 unspecified atom stereocenters. The first kappa shape index (κ1) is 30.3. The van der Waals surface area contributed by atoms with Gasteiger partial charge in [-0.1, -0.05) is 68.3 Å². The standard InChI is InChI=1S/C35H44N4O5/c1-23-11-7-8-16-27(23)37-33(41)31-35-18-17-28(44-35)29(32(40)36-25-14-9-15-26(21-25)43-3)30(35)34(42)39(31)20-10-19-38(2)22-24-12-5-4-6-13-24/h4-6,9,12-15,17-18,21,23,27-31H,7-8,10-11,16,19-20,22H2,1-3H3,(H,36,40)(H,37,41)/t23-,27-,28-,29+,30-,31-,35-/m1/s1. The Kier molecular flexibility index (Phi) is 8.78. The number of likely N-dealkylation sites (tertiary alicyclic amines) is 1. The van der Waals surface area contributed by atoms with E-state index in [1.165, 1.54) is 12.0 Å². The van der Waals surface area contributed by atoms with Crippen LogP contribution in [-0.4, -0.2) is 78.6 Å². The number of nitrogens with zero attached hydrogens (tertiary/aromatic N) is 2. The Morgan fingerprint density at radius 2 is 1.89 bits per heavy atom. The zero-order valence-electron chi connectivity index (χ0n) is 25.9. The maximum absolute atomic E-state index is 14.3. The first-order valence-electron chi connectivity index (χ1n) is 16.0. The minimum atomic E-state index is -1.17. The van der Waals surface area contributed by atoms with Crippen LogP contribution in [-0.2, 0) is 25.7 Å². The van der Waals surface area contributed by atoms with E-state index in [-0.39, 0.29) is 23.8 Å². The van der Waals surface area contributed by atoms with Crippen molar-refractivity contribution in [3.63, 3.8) is 0 Å². The van der Waals surface area contributed by atoms with Crippen LogP contribution in [0, 0.1) is 17.8 Å². The summed E-state index contributed by atoms with van der Waals surface area (Å²) in [5.41, 5.74) is 0.634. The van der Waals surface area contributed by atoms with E-state index >= 15 is 0 Å². The Balaban J connectivity index is 1.22. The van der Waals surface area contributed by atoms with Crippen LogP contribution in [0.2, 0.25) is 0 Å². The monoisotopic (exact) mass is 600 g/mol. The van der Waals surface area contributed by atoms with E-state index in [4.69, 9.17) is 9.47 Å². The van der Waals surface area contributed by atoms with Gasteiger partial charge in [-0.15, -0.1) is 0 Å². The van der Waals surface area contributed by atoms with Gasteiger partial charge in [0.25, 0.3) is 0 Å². The zero-order valence-corrected chi connectivity index (χ0v) is 25.9. The van der Waals surface area contributed by atoms with Crippen molar-refractivity contribution in [1.29, 1.82) is 0 Å². The molecule has 4 aliphatic rings. The van der Waals surface area contributed by atoms with Crippen LogP contribution in [0.5, 0.6) is 5.75 Å². The number of carbonyl (C=O) groups excluding carboxylic acids is 3. The molecule has 2 saturated heterocycles. The quantitative estimate of drug-likeness (QED) is 0.379.